The first-order chi connectivity index (χ1) is 9.10. The normalized spacial score (nSPS) is 12.2. The molecule has 0 spiro atoms. The number of nitrogens with two attached hydrogens (primary N) is 1. The number of hydrogen-bond acceptors (Lipinski definition) is 4. The van der Waals surface area contributed by atoms with Crippen molar-refractivity contribution in [2.24, 2.45) is 5.73 Å². The van der Waals surface area contributed by atoms with Gasteiger partial charge in [0.05, 0.1) is 12.7 Å². The van der Waals surface area contributed by atoms with Crippen LogP contribution in [0.25, 0.3) is 11.4 Å². The van der Waals surface area contributed by atoms with Gasteiger partial charge in [-0.3, -0.25) is 0 Å². The summed E-state index contributed by atoms with van der Waals surface area (Å²) in [6.07, 6.45) is 2.44. The zero-order valence-electron chi connectivity index (χ0n) is 10.9. The first-order valence-electron chi connectivity index (χ1n) is 6.01. The number of aromatic nitrogens is 2. The molecule has 19 heavy (non-hydrogen) atoms. The van der Waals surface area contributed by atoms with E-state index in [0.717, 1.165) is 11.3 Å². The number of rotatable bonds is 4. The van der Waals surface area contributed by atoms with E-state index in [1.165, 1.54) is 0 Å². The minimum absolute atomic E-state index is 0.0647. The second-order valence-corrected chi connectivity index (χ2v) is 4.83. The van der Waals surface area contributed by atoms with Gasteiger partial charge in [-0.05, 0) is 31.2 Å². The van der Waals surface area contributed by atoms with Gasteiger partial charge in [0.25, 0.3) is 0 Å². The summed E-state index contributed by atoms with van der Waals surface area (Å²) in [7, 11) is 1.60. The Bertz CT molecular complexity index is 572. The van der Waals surface area contributed by atoms with Gasteiger partial charge in [0, 0.05) is 29.4 Å². The average molecular weight is 278 g/mol. The molecule has 0 amide bonds. The molecule has 1 aromatic heterocycles. The van der Waals surface area contributed by atoms with E-state index in [0.29, 0.717) is 23.0 Å². The summed E-state index contributed by atoms with van der Waals surface area (Å²) in [6, 6.07) is 7.33. The minimum atomic E-state index is 0.0647. The molecule has 0 saturated carbocycles. The van der Waals surface area contributed by atoms with Gasteiger partial charge >= 0.3 is 0 Å². The largest absolute Gasteiger partial charge is 0.496 e. The molecule has 1 atom stereocenters. The first-order valence-corrected chi connectivity index (χ1v) is 6.39. The quantitative estimate of drug-likeness (QED) is 0.933. The third-order valence-electron chi connectivity index (χ3n) is 2.65. The fourth-order valence-corrected chi connectivity index (χ4v) is 1.98. The number of methoxy groups -OCH3 is 1. The molecule has 0 aliphatic carbocycles. The number of hydrogen-bond donors (Lipinski definition) is 1. The SMILES string of the molecule is COc1cc(Cl)ccc1-c1nccc(CC(C)N)n1. The lowest BCUT2D eigenvalue weighted by Gasteiger charge is -2.09. The van der Waals surface area contributed by atoms with Crippen LogP contribution in [0.15, 0.2) is 30.5 Å². The maximum Gasteiger partial charge on any atom is 0.163 e. The lowest BCUT2D eigenvalue weighted by molar-refractivity contribution is 0.416. The van der Waals surface area contributed by atoms with Gasteiger partial charge in [-0.1, -0.05) is 11.6 Å². The molecule has 1 unspecified atom stereocenters. The highest BCUT2D eigenvalue weighted by molar-refractivity contribution is 6.30. The van der Waals surface area contributed by atoms with Crippen molar-refractivity contribution >= 4 is 11.6 Å². The maximum atomic E-state index is 5.95. The third-order valence-corrected chi connectivity index (χ3v) is 2.88. The smallest absolute Gasteiger partial charge is 0.163 e. The second kappa shape index (κ2) is 5.99. The zero-order chi connectivity index (χ0) is 13.8. The predicted molar refractivity (Wildman–Crippen MR) is 76.4 cm³/mol. The van der Waals surface area contributed by atoms with Crippen molar-refractivity contribution in [1.82, 2.24) is 9.97 Å². The van der Waals surface area contributed by atoms with Crippen LogP contribution in [-0.2, 0) is 6.42 Å². The van der Waals surface area contributed by atoms with Crippen LogP contribution in [0.3, 0.4) is 0 Å². The fourth-order valence-electron chi connectivity index (χ4n) is 1.82. The summed E-state index contributed by atoms with van der Waals surface area (Å²) in [4.78, 5) is 8.79. The van der Waals surface area contributed by atoms with Gasteiger partial charge in [0.1, 0.15) is 5.75 Å². The summed E-state index contributed by atoms with van der Waals surface area (Å²) < 4.78 is 5.31. The van der Waals surface area contributed by atoms with E-state index in [4.69, 9.17) is 22.1 Å². The molecule has 0 aliphatic heterocycles. The van der Waals surface area contributed by atoms with Gasteiger partial charge in [0.15, 0.2) is 5.82 Å². The third kappa shape index (κ3) is 3.43. The number of nitrogens with zero attached hydrogens (tertiary/aromatic N) is 2. The highest BCUT2D eigenvalue weighted by Gasteiger charge is 2.10. The molecule has 0 bridgehead atoms. The van der Waals surface area contributed by atoms with Crippen molar-refractivity contribution in [3.8, 4) is 17.1 Å². The summed E-state index contributed by atoms with van der Waals surface area (Å²) in [5.74, 6) is 1.28. The molecule has 5 heteroatoms. The highest BCUT2D eigenvalue weighted by Crippen LogP contribution is 2.30. The Hall–Kier alpha value is -1.65. The molecular formula is C14H16ClN3O. The molecule has 0 fully saturated rings. The summed E-state index contributed by atoms with van der Waals surface area (Å²) in [5, 5.41) is 0.618. The second-order valence-electron chi connectivity index (χ2n) is 4.40. The molecule has 0 saturated heterocycles. The van der Waals surface area contributed by atoms with Crippen LogP contribution < -0.4 is 10.5 Å². The standard InChI is InChI=1S/C14H16ClN3O/c1-9(16)7-11-5-6-17-14(18-11)12-4-3-10(15)8-13(12)19-2/h3-6,8-9H,7,16H2,1-2H3. The predicted octanol–water partition coefficient (Wildman–Crippen LogP) is 2.70. The highest BCUT2D eigenvalue weighted by atomic mass is 35.5. The monoisotopic (exact) mass is 277 g/mol. The molecule has 0 radical (unpaired) electrons. The summed E-state index contributed by atoms with van der Waals surface area (Å²) in [5.41, 5.74) is 7.52. The van der Waals surface area contributed by atoms with Crippen LogP contribution in [0.4, 0.5) is 0 Å². The van der Waals surface area contributed by atoms with Crippen molar-refractivity contribution < 1.29 is 4.74 Å². The molecule has 4 nitrogen and oxygen atoms in total. The number of benzene rings is 1. The van der Waals surface area contributed by atoms with Gasteiger partial charge in [-0.15, -0.1) is 0 Å². The molecule has 1 heterocycles. The van der Waals surface area contributed by atoms with E-state index < -0.39 is 0 Å². The van der Waals surface area contributed by atoms with E-state index in [9.17, 15) is 0 Å². The molecule has 100 valence electrons. The van der Waals surface area contributed by atoms with Crippen molar-refractivity contribution in [3.05, 3.63) is 41.2 Å². The lowest BCUT2D eigenvalue weighted by atomic mass is 10.1. The Balaban J connectivity index is 2.41. The van der Waals surface area contributed by atoms with Crippen molar-refractivity contribution in [3.63, 3.8) is 0 Å². The zero-order valence-corrected chi connectivity index (χ0v) is 11.7. The molecule has 0 aliphatic rings. The van der Waals surface area contributed by atoms with E-state index in [-0.39, 0.29) is 6.04 Å². The molecule has 2 N–H and O–H groups in total. The van der Waals surface area contributed by atoms with E-state index in [1.807, 2.05) is 19.1 Å². The van der Waals surface area contributed by atoms with Gasteiger partial charge in [0.2, 0.25) is 0 Å². The van der Waals surface area contributed by atoms with Crippen LogP contribution in [0.5, 0.6) is 5.75 Å². The Morgan fingerprint density at radius 3 is 2.84 bits per heavy atom. The summed E-state index contributed by atoms with van der Waals surface area (Å²) >= 11 is 5.95. The maximum absolute atomic E-state index is 5.95. The molecule has 1 aromatic carbocycles. The van der Waals surface area contributed by atoms with Crippen molar-refractivity contribution in [2.45, 2.75) is 19.4 Å². The van der Waals surface area contributed by atoms with Gasteiger partial charge in [-0.2, -0.15) is 0 Å². The number of ether oxygens (including phenoxy) is 1. The average Bonchev–Trinajstić information content (AvgIpc) is 2.38. The van der Waals surface area contributed by atoms with Crippen molar-refractivity contribution in [2.75, 3.05) is 7.11 Å². The van der Waals surface area contributed by atoms with Gasteiger partial charge < -0.3 is 10.5 Å². The van der Waals surface area contributed by atoms with Crippen molar-refractivity contribution in [1.29, 1.82) is 0 Å². The molecule has 2 rings (SSSR count). The van der Waals surface area contributed by atoms with Crippen LogP contribution in [0, 0.1) is 0 Å². The minimum Gasteiger partial charge on any atom is -0.496 e. The van der Waals surface area contributed by atoms with E-state index in [2.05, 4.69) is 9.97 Å². The number of halogens is 1. The molecule has 2 aromatic rings. The van der Waals surface area contributed by atoms with E-state index in [1.54, 1.807) is 25.4 Å². The Morgan fingerprint density at radius 2 is 2.16 bits per heavy atom. The van der Waals surface area contributed by atoms with Crippen LogP contribution in [-0.4, -0.2) is 23.1 Å². The Labute approximate surface area is 117 Å². The summed E-state index contributed by atoms with van der Waals surface area (Å²) in [6.45, 7) is 1.95. The Kier molecular flexibility index (Phi) is 4.35. The first kappa shape index (κ1) is 13.8. The van der Waals surface area contributed by atoms with Crippen LogP contribution in [0.2, 0.25) is 5.02 Å². The fraction of sp³-hybridized carbons (Fsp3) is 0.286. The van der Waals surface area contributed by atoms with Gasteiger partial charge in [-0.25, -0.2) is 9.97 Å². The van der Waals surface area contributed by atoms with E-state index >= 15 is 0 Å². The lowest BCUT2D eigenvalue weighted by Crippen LogP contribution is -2.18. The van der Waals surface area contributed by atoms with Crippen LogP contribution in [0.1, 0.15) is 12.6 Å². The van der Waals surface area contributed by atoms with Crippen LogP contribution >= 0.6 is 11.6 Å². The molecular weight excluding hydrogens is 262 g/mol. The Morgan fingerprint density at radius 1 is 1.37 bits per heavy atom. The topological polar surface area (TPSA) is 61.0 Å².